The summed E-state index contributed by atoms with van der Waals surface area (Å²) < 4.78 is 0. The Balaban J connectivity index is 1.80. The van der Waals surface area contributed by atoms with Crippen molar-refractivity contribution in [3.05, 3.63) is 35.9 Å². The van der Waals surface area contributed by atoms with Gasteiger partial charge in [0.1, 0.15) is 0 Å². The van der Waals surface area contributed by atoms with Crippen LogP contribution in [0.25, 0.3) is 0 Å². The molecule has 1 heterocycles. The van der Waals surface area contributed by atoms with Gasteiger partial charge in [0.15, 0.2) is 0 Å². The van der Waals surface area contributed by atoms with Crippen LogP contribution in [0.3, 0.4) is 0 Å². The largest absolute Gasteiger partial charge is 0.374 e. The van der Waals surface area contributed by atoms with E-state index in [0.29, 0.717) is 6.04 Å². The van der Waals surface area contributed by atoms with Gasteiger partial charge in [-0.05, 0) is 24.9 Å². The summed E-state index contributed by atoms with van der Waals surface area (Å²) in [4.78, 5) is 0.955. The van der Waals surface area contributed by atoms with Crippen LogP contribution in [0, 0.1) is 0 Å². The van der Waals surface area contributed by atoms with E-state index in [0.717, 1.165) is 18.1 Å². The van der Waals surface area contributed by atoms with Gasteiger partial charge >= 0.3 is 0 Å². The number of nitrogens with one attached hydrogen (secondary N) is 2. The second-order valence-corrected chi connectivity index (χ2v) is 4.29. The Morgan fingerprint density at radius 3 is 2.87 bits per heavy atom. The lowest BCUT2D eigenvalue weighted by Gasteiger charge is -2.14. The summed E-state index contributed by atoms with van der Waals surface area (Å²) in [5.74, 6) is 0. The van der Waals surface area contributed by atoms with E-state index in [2.05, 4.69) is 22.8 Å². The van der Waals surface area contributed by atoms with E-state index in [1.807, 2.05) is 18.2 Å². The van der Waals surface area contributed by atoms with Crippen molar-refractivity contribution in [3.63, 3.8) is 0 Å². The molecule has 1 aliphatic heterocycles. The molecular weight excluding hydrogens is 204 g/mol. The maximum atomic E-state index is 5.34. The number of hydrogen-bond donors (Lipinski definition) is 2. The molecule has 2 rings (SSSR count). The van der Waals surface area contributed by atoms with Crippen molar-refractivity contribution in [1.29, 1.82) is 0 Å². The highest BCUT2D eigenvalue weighted by molar-refractivity contribution is 7.80. The highest BCUT2D eigenvalue weighted by Crippen LogP contribution is 2.06. The standard InChI is InChI=1S/C12H16N2S/c15-12(11-7-4-8-13-11)14-9-10-5-2-1-3-6-10/h1-3,5-6,11,13H,4,7-9H2,(H,14,15)/t11-/m0/s1. The second-order valence-electron chi connectivity index (χ2n) is 3.85. The van der Waals surface area contributed by atoms with Gasteiger partial charge in [0.2, 0.25) is 0 Å². The lowest BCUT2D eigenvalue weighted by Crippen LogP contribution is -2.38. The van der Waals surface area contributed by atoms with Gasteiger partial charge in [0.25, 0.3) is 0 Å². The highest BCUT2D eigenvalue weighted by Gasteiger charge is 2.17. The molecular formula is C12H16N2S. The minimum Gasteiger partial charge on any atom is -0.374 e. The number of rotatable bonds is 3. The zero-order chi connectivity index (χ0) is 10.5. The predicted molar refractivity (Wildman–Crippen MR) is 66.9 cm³/mol. The van der Waals surface area contributed by atoms with Gasteiger partial charge in [0, 0.05) is 6.54 Å². The van der Waals surface area contributed by atoms with E-state index in [1.54, 1.807) is 0 Å². The molecule has 1 atom stereocenters. The Labute approximate surface area is 96.1 Å². The van der Waals surface area contributed by atoms with E-state index in [9.17, 15) is 0 Å². The van der Waals surface area contributed by atoms with Crippen molar-refractivity contribution < 1.29 is 0 Å². The molecule has 0 saturated carbocycles. The first-order valence-corrected chi connectivity index (χ1v) is 5.82. The number of hydrogen-bond acceptors (Lipinski definition) is 2. The van der Waals surface area contributed by atoms with Gasteiger partial charge in [-0.1, -0.05) is 42.5 Å². The van der Waals surface area contributed by atoms with Gasteiger partial charge in [-0.25, -0.2) is 0 Å². The molecule has 1 aromatic carbocycles. The first kappa shape index (κ1) is 10.6. The topological polar surface area (TPSA) is 24.1 Å². The Hall–Kier alpha value is -0.930. The molecule has 0 aliphatic carbocycles. The zero-order valence-electron chi connectivity index (χ0n) is 8.70. The normalized spacial score (nSPS) is 20.1. The summed E-state index contributed by atoms with van der Waals surface area (Å²) in [6.07, 6.45) is 2.40. The quantitative estimate of drug-likeness (QED) is 0.760. The van der Waals surface area contributed by atoms with Crippen LogP contribution < -0.4 is 10.6 Å². The average molecular weight is 220 g/mol. The first-order chi connectivity index (χ1) is 7.36. The molecule has 0 radical (unpaired) electrons. The van der Waals surface area contributed by atoms with Crippen molar-refractivity contribution in [2.45, 2.75) is 25.4 Å². The molecule has 0 amide bonds. The maximum absolute atomic E-state index is 5.34. The fourth-order valence-electron chi connectivity index (χ4n) is 1.82. The van der Waals surface area contributed by atoms with Crippen molar-refractivity contribution in [3.8, 4) is 0 Å². The highest BCUT2D eigenvalue weighted by atomic mass is 32.1. The molecule has 1 aromatic rings. The van der Waals surface area contributed by atoms with Crippen LogP contribution >= 0.6 is 12.2 Å². The molecule has 2 N–H and O–H groups in total. The van der Waals surface area contributed by atoms with Gasteiger partial charge in [0.05, 0.1) is 11.0 Å². The molecule has 0 unspecified atom stereocenters. The van der Waals surface area contributed by atoms with Crippen LogP contribution in [0.15, 0.2) is 30.3 Å². The van der Waals surface area contributed by atoms with Crippen LogP contribution in [0.5, 0.6) is 0 Å². The molecule has 15 heavy (non-hydrogen) atoms. The van der Waals surface area contributed by atoms with E-state index >= 15 is 0 Å². The van der Waals surface area contributed by atoms with E-state index < -0.39 is 0 Å². The first-order valence-electron chi connectivity index (χ1n) is 5.41. The average Bonchev–Trinajstić information content (AvgIpc) is 2.81. The molecule has 1 aliphatic rings. The summed E-state index contributed by atoms with van der Waals surface area (Å²) in [5, 5.41) is 6.70. The number of benzene rings is 1. The fraction of sp³-hybridized carbons (Fsp3) is 0.417. The Kier molecular flexibility index (Phi) is 3.69. The lowest BCUT2D eigenvalue weighted by molar-refractivity contribution is 0.734. The summed E-state index contributed by atoms with van der Waals surface area (Å²) in [6.45, 7) is 1.93. The van der Waals surface area contributed by atoms with Crippen molar-refractivity contribution in [1.82, 2.24) is 10.6 Å². The van der Waals surface area contributed by atoms with E-state index in [1.165, 1.54) is 18.4 Å². The Morgan fingerprint density at radius 2 is 2.20 bits per heavy atom. The van der Waals surface area contributed by atoms with Crippen molar-refractivity contribution >= 4 is 17.2 Å². The molecule has 2 nitrogen and oxygen atoms in total. The van der Waals surface area contributed by atoms with Gasteiger partial charge < -0.3 is 10.6 Å². The second kappa shape index (κ2) is 5.24. The van der Waals surface area contributed by atoms with Crippen LogP contribution in [-0.2, 0) is 6.54 Å². The third kappa shape index (κ3) is 3.01. The monoisotopic (exact) mass is 220 g/mol. The smallest absolute Gasteiger partial charge is 0.0928 e. The Morgan fingerprint density at radius 1 is 1.40 bits per heavy atom. The predicted octanol–water partition coefficient (Wildman–Crippen LogP) is 1.86. The summed E-state index contributed by atoms with van der Waals surface area (Å²) in [6, 6.07) is 10.7. The van der Waals surface area contributed by atoms with Gasteiger partial charge in [-0.2, -0.15) is 0 Å². The molecule has 0 bridgehead atoms. The van der Waals surface area contributed by atoms with Gasteiger partial charge in [-0.15, -0.1) is 0 Å². The van der Waals surface area contributed by atoms with Crippen LogP contribution in [0.4, 0.5) is 0 Å². The third-order valence-corrected chi connectivity index (χ3v) is 3.12. The number of thiocarbonyl (C=S) groups is 1. The minimum absolute atomic E-state index is 0.392. The molecule has 1 fully saturated rings. The summed E-state index contributed by atoms with van der Waals surface area (Å²) in [7, 11) is 0. The van der Waals surface area contributed by atoms with Crippen molar-refractivity contribution in [2.24, 2.45) is 0 Å². The maximum Gasteiger partial charge on any atom is 0.0928 e. The van der Waals surface area contributed by atoms with E-state index in [4.69, 9.17) is 12.2 Å². The van der Waals surface area contributed by atoms with Crippen LogP contribution in [-0.4, -0.2) is 17.6 Å². The van der Waals surface area contributed by atoms with Gasteiger partial charge in [-0.3, -0.25) is 0 Å². The fourth-order valence-corrected chi connectivity index (χ4v) is 2.09. The third-order valence-electron chi connectivity index (χ3n) is 2.69. The molecule has 0 aromatic heterocycles. The Bertz CT molecular complexity index is 318. The summed E-state index contributed by atoms with van der Waals surface area (Å²) in [5.41, 5.74) is 1.28. The summed E-state index contributed by atoms with van der Waals surface area (Å²) >= 11 is 5.34. The molecule has 0 spiro atoms. The van der Waals surface area contributed by atoms with Crippen molar-refractivity contribution in [2.75, 3.05) is 6.54 Å². The van der Waals surface area contributed by atoms with E-state index in [-0.39, 0.29) is 0 Å². The molecule has 3 heteroatoms. The SMILES string of the molecule is S=C(NCc1ccccc1)[C@@H]1CCCN1. The molecule has 1 saturated heterocycles. The zero-order valence-corrected chi connectivity index (χ0v) is 9.52. The van der Waals surface area contributed by atoms with Crippen LogP contribution in [0.1, 0.15) is 18.4 Å². The van der Waals surface area contributed by atoms with Crippen LogP contribution in [0.2, 0.25) is 0 Å². The lowest BCUT2D eigenvalue weighted by atomic mass is 10.2. The minimum atomic E-state index is 0.392. The molecule has 80 valence electrons.